The zero-order valence-corrected chi connectivity index (χ0v) is 20.6. The minimum Gasteiger partial charge on any atom is -0.480 e. The molecular weight excluding hydrogens is 444 g/mol. The van der Waals surface area contributed by atoms with Crippen LogP contribution in [-0.4, -0.2) is 42.3 Å². The molecule has 0 heterocycles. The van der Waals surface area contributed by atoms with Gasteiger partial charge in [-0.2, -0.15) is 0 Å². The van der Waals surface area contributed by atoms with Gasteiger partial charge in [0.1, 0.15) is 12.6 Å². The first-order valence-electron chi connectivity index (χ1n) is 12.5. The van der Waals surface area contributed by atoms with E-state index in [2.05, 4.69) is 34.9 Å². The molecule has 3 rings (SSSR count). The Hall–Kier alpha value is -3.35. The summed E-state index contributed by atoms with van der Waals surface area (Å²) >= 11 is 0. The highest BCUT2D eigenvalue weighted by atomic mass is 16.5. The zero-order chi connectivity index (χ0) is 25.2. The molecule has 0 radical (unpaired) electrons. The van der Waals surface area contributed by atoms with Crippen LogP contribution in [0.1, 0.15) is 69.4 Å². The molecule has 1 unspecified atom stereocenters. The standard InChI is InChI=1S/C28H36N2O5/c1-19(2)15-16-25(27(32)33)30-26(31)14-4-3-9-17-29-28(34)35-18-24-22-12-7-5-10-20(22)21-11-6-8-13-23(21)24/h5-8,10-13,19,24-25H,3-4,9,14-18H2,1-2H3,(H,29,34)(H,30,31)(H,32,33). The van der Waals surface area contributed by atoms with Crippen LogP contribution in [-0.2, 0) is 14.3 Å². The van der Waals surface area contributed by atoms with E-state index in [1.165, 1.54) is 22.3 Å². The van der Waals surface area contributed by atoms with Crippen LogP contribution in [0.5, 0.6) is 0 Å². The maximum atomic E-state index is 12.2. The van der Waals surface area contributed by atoms with Crippen molar-refractivity contribution in [2.75, 3.05) is 13.2 Å². The van der Waals surface area contributed by atoms with Crippen molar-refractivity contribution in [3.8, 4) is 11.1 Å². The van der Waals surface area contributed by atoms with E-state index in [0.717, 1.165) is 12.8 Å². The van der Waals surface area contributed by atoms with E-state index in [-0.39, 0.29) is 24.9 Å². The molecule has 3 N–H and O–H groups in total. The van der Waals surface area contributed by atoms with Crippen molar-refractivity contribution < 1.29 is 24.2 Å². The van der Waals surface area contributed by atoms with Gasteiger partial charge in [-0.3, -0.25) is 4.79 Å². The van der Waals surface area contributed by atoms with Crippen molar-refractivity contribution >= 4 is 18.0 Å². The molecule has 1 atom stereocenters. The first-order chi connectivity index (χ1) is 16.9. The van der Waals surface area contributed by atoms with Gasteiger partial charge in [0.15, 0.2) is 0 Å². The molecule has 0 aromatic heterocycles. The summed E-state index contributed by atoms with van der Waals surface area (Å²) in [6.07, 6.45) is 3.11. The van der Waals surface area contributed by atoms with Crippen LogP contribution in [0.15, 0.2) is 48.5 Å². The summed E-state index contributed by atoms with van der Waals surface area (Å²) in [6, 6.07) is 15.6. The number of fused-ring (bicyclic) bond motifs is 3. The minimum absolute atomic E-state index is 0.0295. The number of alkyl carbamates (subject to hydrolysis) is 1. The highest BCUT2D eigenvalue weighted by Crippen LogP contribution is 2.44. The fourth-order valence-electron chi connectivity index (χ4n) is 4.45. The first-order valence-corrected chi connectivity index (χ1v) is 12.5. The van der Waals surface area contributed by atoms with E-state index in [0.29, 0.717) is 31.7 Å². The number of hydrogen-bond donors (Lipinski definition) is 3. The number of amides is 2. The van der Waals surface area contributed by atoms with Crippen molar-refractivity contribution in [3.05, 3.63) is 59.7 Å². The summed E-state index contributed by atoms with van der Waals surface area (Å²) in [5, 5.41) is 14.7. The van der Waals surface area contributed by atoms with Gasteiger partial charge in [-0.15, -0.1) is 0 Å². The smallest absolute Gasteiger partial charge is 0.407 e. The van der Waals surface area contributed by atoms with Crippen molar-refractivity contribution in [1.82, 2.24) is 10.6 Å². The Morgan fingerprint density at radius 2 is 1.54 bits per heavy atom. The third kappa shape index (κ3) is 7.57. The van der Waals surface area contributed by atoms with E-state index in [9.17, 15) is 19.5 Å². The number of nitrogens with one attached hydrogen (secondary N) is 2. The van der Waals surface area contributed by atoms with Crippen molar-refractivity contribution in [2.45, 2.75) is 64.3 Å². The second-order valence-corrected chi connectivity index (χ2v) is 9.49. The van der Waals surface area contributed by atoms with Gasteiger partial charge in [-0.1, -0.05) is 68.8 Å². The molecule has 0 fully saturated rings. The van der Waals surface area contributed by atoms with Crippen LogP contribution in [0.4, 0.5) is 4.79 Å². The first kappa shape index (κ1) is 26.3. The monoisotopic (exact) mass is 480 g/mol. The number of carboxylic acids is 1. The minimum atomic E-state index is -0.994. The van der Waals surface area contributed by atoms with E-state index < -0.39 is 18.1 Å². The summed E-state index contributed by atoms with van der Waals surface area (Å²) in [5.41, 5.74) is 4.73. The molecule has 2 amide bonds. The number of hydrogen-bond acceptors (Lipinski definition) is 4. The van der Waals surface area contributed by atoms with Gasteiger partial charge in [-0.25, -0.2) is 9.59 Å². The van der Waals surface area contributed by atoms with E-state index in [4.69, 9.17) is 4.74 Å². The van der Waals surface area contributed by atoms with Crippen molar-refractivity contribution in [2.24, 2.45) is 5.92 Å². The molecule has 0 saturated carbocycles. The number of unbranched alkanes of at least 4 members (excludes halogenated alkanes) is 2. The quantitative estimate of drug-likeness (QED) is 0.346. The van der Waals surface area contributed by atoms with Gasteiger partial charge in [0.2, 0.25) is 5.91 Å². The molecule has 0 aliphatic heterocycles. The Labute approximate surface area is 207 Å². The lowest BCUT2D eigenvalue weighted by Gasteiger charge is -2.15. The van der Waals surface area contributed by atoms with Gasteiger partial charge in [0.25, 0.3) is 0 Å². The number of carbonyl (C=O) groups is 3. The molecule has 35 heavy (non-hydrogen) atoms. The average Bonchev–Trinajstić information content (AvgIpc) is 3.16. The highest BCUT2D eigenvalue weighted by molar-refractivity contribution is 5.83. The number of benzene rings is 2. The molecule has 2 aromatic carbocycles. The van der Waals surface area contributed by atoms with Crippen molar-refractivity contribution in [3.63, 3.8) is 0 Å². The predicted octanol–water partition coefficient (Wildman–Crippen LogP) is 5.09. The Morgan fingerprint density at radius 3 is 2.14 bits per heavy atom. The molecule has 7 nitrogen and oxygen atoms in total. The molecule has 1 aliphatic rings. The summed E-state index contributed by atoms with van der Waals surface area (Å²) in [5.74, 6) is -0.823. The van der Waals surface area contributed by atoms with Crippen LogP contribution in [0, 0.1) is 5.92 Å². The van der Waals surface area contributed by atoms with Crippen LogP contribution in [0.2, 0.25) is 0 Å². The fraction of sp³-hybridized carbons (Fsp3) is 0.464. The largest absolute Gasteiger partial charge is 0.480 e. The Balaban J connectivity index is 1.32. The number of carbonyl (C=O) groups excluding carboxylic acids is 2. The third-order valence-electron chi connectivity index (χ3n) is 6.36. The molecule has 0 spiro atoms. The van der Waals surface area contributed by atoms with Gasteiger partial charge in [-0.05, 0) is 53.9 Å². The molecular formula is C28H36N2O5. The number of aliphatic carboxylic acids is 1. The highest BCUT2D eigenvalue weighted by Gasteiger charge is 2.29. The van der Waals surface area contributed by atoms with Gasteiger partial charge >= 0.3 is 12.1 Å². The molecule has 0 saturated heterocycles. The van der Waals surface area contributed by atoms with E-state index in [1.54, 1.807) is 0 Å². The summed E-state index contributed by atoms with van der Waals surface area (Å²) in [6.45, 7) is 4.79. The lowest BCUT2D eigenvalue weighted by molar-refractivity contribution is -0.142. The fourth-order valence-corrected chi connectivity index (χ4v) is 4.45. The van der Waals surface area contributed by atoms with Gasteiger partial charge in [0.05, 0.1) is 0 Å². The van der Waals surface area contributed by atoms with Gasteiger partial charge < -0.3 is 20.5 Å². The number of rotatable bonds is 13. The second kappa shape index (κ2) is 12.9. The summed E-state index contributed by atoms with van der Waals surface area (Å²) in [4.78, 5) is 35.6. The number of ether oxygens (including phenoxy) is 1. The topological polar surface area (TPSA) is 105 Å². The van der Waals surface area contributed by atoms with Crippen LogP contribution in [0.3, 0.4) is 0 Å². The lowest BCUT2D eigenvalue weighted by Crippen LogP contribution is -2.40. The van der Waals surface area contributed by atoms with Crippen LogP contribution >= 0.6 is 0 Å². The van der Waals surface area contributed by atoms with Crippen molar-refractivity contribution in [1.29, 1.82) is 0 Å². The molecule has 2 aromatic rings. The maximum absolute atomic E-state index is 12.2. The summed E-state index contributed by atoms with van der Waals surface area (Å²) < 4.78 is 5.52. The third-order valence-corrected chi connectivity index (χ3v) is 6.36. The van der Waals surface area contributed by atoms with E-state index in [1.807, 2.05) is 38.1 Å². The Kier molecular flexibility index (Phi) is 9.70. The van der Waals surface area contributed by atoms with Crippen LogP contribution < -0.4 is 10.6 Å². The molecule has 1 aliphatic carbocycles. The second-order valence-electron chi connectivity index (χ2n) is 9.49. The SMILES string of the molecule is CC(C)CCC(NC(=O)CCCCCNC(=O)OCC1c2ccccc2-c2ccccc21)C(=O)O. The molecule has 7 heteroatoms. The van der Waals surface area contributed by atoms with Crippen LogP contribution in [0.25, 0.3) is 11.1 Å². The number of carboxylic acid groups (broad SMARTS) is 1. The Bertz CT molecular complexity index is 974. The molecule has 188 valence electrons. The maximum Gasteiger partial charge on any atom is 0.407 e. The Morgan fingerprint density at radius 1 is 0.914 bits per heavy atom. The average molecular weight is 481 g/mol. The normalized spacial score (nSPS) is 13.1. The van der Waals surface area contributed by atoms with Gasteiger partial charge in [0, 0.05) is 18.9 Å². The summed E-state index contributed by atoms with van der Waals surface area (Å²) in [7, 11) is 0. The van der Waals surface area contributed by atoms with E-state index >= 15 is 0 Å². The predicted molar refractivity (Wildman–Crippen MR) is 135 cm³/mol. The lowest BCUT2D eigenvalue weighted by atomic mass is 9.98. The zero-order valence-electron chi connectivity index (χ0n) is 20.6. The molecule has 0 bridgehead atoms.